The normalized spacial score (nSPS) is 13.1. The van der Waals surface area contributed by atoms with Crippen LogP contribution in [0.1, 0.15) is 44.8 Å². The van der Waals surface area contributed by atoms with Crippen molar-refractivity contribution in [3.63, 3.8) is 0 Å². The van der Waals surface area contributed by atoms with E-state index < -0.39 is 6.10 Å². The van der Waals surface area contributed by atoms with Gasteiger partial charge in [0.15, 0.2) is 0 Å². The van der Waals surface area contributed by atoms with Crippen LogP contribution in [0.4, 0.5) is 10.1 Å². The van der Waals surface area contributed by atoms with Crippen molar-refractivity contribution in [2.75, 3.05) is 5.73 Å². The van der Waals surface area contributed by atoms with Crippen LogP contribution in [-0.4, -0.2) is 5.11 Å². The van der Waals surface area contributed by atoms with Crippen molar-refractivity contribution in [2.24, 2.45) is 5.92 Å². The van der Waals surface area contributed by atoms with Crippen LogP contribution in [0.15, 0.2) is 18.2 Å². The second-order valence-corrected chi connectivity index (χ2v) is 4.21. The second-order valence-electron chi connectivity index (χ2n) is 4.21. The Hall–Kier alpha value is -1.09. The molecule has 0 aliphatic rings. The highest BCUT2D eigenvalue weighted by atomic mass is 19.1. The smallest absolute Gasteiger partial charge is 0.123 e. The van der Waals surface area contributed by atoms with E-state index in [-0.39, 0.29) is 5.82 Å². The summed E-state index contributed by atoms with van der Waals surface area (Å²) in [7, 11) is 0. The zero-order chi connectivity index (χ0) is 12.1. The zero-order valence-electron chi connectivity index (χ0n) is 9.91. The molecule has 16 heavy (non-hydrogen) atoms. The molecule has 1 aromatic carbocycles. The first-order valence-electron chi connectivity index (χ1n) is 5.81. The highest BCUT2D eigenvalue weighted by Crippen LogP contribution is 2.28. The number of hydrogen-bond acceptors (Lipinski definition) is 2. The average molecular weight is 225 g/mol. The maximum atomic E-state index is 13.0. The minimum absolute atomic E-state index is 0.354. The number of hydrogen-bond donors (Lipinski definition) is 2. The molecule has 0 fully saturated rings. The molecular formula is C13H20FNO. The quantitative estimate of drug-likeness (QED) is 0.755. The molecule has 0 amide bonds. The van der Waals surface area contributed by atoms with Gasteiger partial charge < -0.3 is 10.8 Å². The molecule has 0 aliphatic carbocycles. The molecule has 0 aliphatic heterocycles. The van der Waals surface area contributed by atoms with Crippen molar-refractivity contribution in [1.29, 1.82) is 0 Å². The molecule has 0 saturated carbocycles. The minimum atomic E-state index is -0.666. The van der Waals surface area contributed by atoms with E-state index in [4.69, 9.17) is 5.73 Å². The molecule has 0 aromatic heterocycles. The Labute approximate surface area is 96.3 Å². The number of nitrogen functional groups attached to an aromatic ring is 1. The molecule has 3 N–H and O–H groups in total. The van der Waals surface area contributed by atoms with E-state index in [2.05, 4.69) is 13.8 Å². The SMILES string of the molecule is CCC(CC)CC(O)c1cc(F)ccc1N. The Morgan fingerprint density at radius 2 is 1.94 bits per heavy atom. The van der Waals surface area contributed by atoms with Crippen LogP contribution in [-0.2, 0) is 0 Å². The highest BCUT2D eigenvalue weighted by molar-refractivity contribution is 5.47. The third-order valence-electron chi connectivity index (χ3n) is 3.12. The molecule has 3 heteroatoms. The van der Waals surface area contributed by atoms with Gasteiger partial charge in [-0.2, -0.15) is 0 Å². The second kappa shape index (κ2) is 5.85. The van der Waals surface area contributed by atoms with Crippen LogP contribution in [0, 0.1) is 11.7 Å². The predicted octanol–water partition coefficient (Wildman–Crippen LogP) is 3.27. The number of rotatable bonds is 5. The standard InChI is InChI=1S/C13H20FNO/c1-3-9(4-2)7-13(16)11-8-10(14)5-6-12(11)15/h5-6,8-9,13,16H,3-4,7,15H2,1-2H3. The number of benzene rings is 1. The van der Waals surface area contributed by atoms with Crippen LogP contribution in [0.25, 0.3) is 0 Å². The molecule has 0 heterocycles. The van der Waals surface area contributed by atoms with Gasteiger partial charge in [-0.15, -0.1) is 0 Å². The summed E-state index contributed by atoms with van der Waals surface area (Å²) >= 11 is 0. The van der Waals surface area contributed by atoms with Crippen LogP contribution in [0.5, 0.6) is 0 Å². The Kier molecular flexibility index (Phi) is 4.74. The van der Waals surface area contributed by atoms with Crippen molar-refractivity contribution < 1.29 is 9.50 Å². The number of anilines is 1. The van der Waals surface area contributed by atoms with E-state index in [1.54, 1.807) is 0 Å². The van der Waals surface area contributed by atoms with Gasteiger partial charge in [-0.25, -0.2) is 4.39 Å². The Morgan fingerprint density at radius 3 is 2.50 bits per heavy atom. The third kappa shape index (κ3) is 3.20. The molecule has 90 valence electrons. The van der Waals surface area contributed by atoms with Gasteiger partial charge in [0, 0.05) is 11.3 Å². The first-order valence-corrected chi connectivity index (χ1v) is 5.81. The molecule has 1 aromatic rings. The minimum Gasteiger partial charge on any atom is -0.398 e. The van der Waals surface area contributed by atoms with Crippen molar-refractivity contribution >= 4 is 5.69 Å². The number of halogens is 1. The maximum Gasteiger partial charge on any atom is 0.123 e. The average Bonchev–Trinajstić information content (AvgIpc) is 2.28. The molecule has 1 atom stereocenters. The van der Waals surface area contributed by atoms with Gasteiger partial charge in [-0.1, -0.05) is 26.7 Å². The summed E-state index contributed by atoms with van der Waals surface area (Å²) in [5, 5.41) is 10.0. The van der Waals surface area contributed by atoms with Gasteiger partial charge in [0.25, 0.3) is 0 Å². The molecule has 1 rings (SSSR count). The Morgan fingerprint density at radius 1 is 1.31 bits per heavy atom. The molecule has 1 unspecified atom stereocenters. The topological polar surface area (TPSA) is 46.2 Å². The largest absolute Gasteiger partial charge is 0.398 e. The van der Waals surface area contributed by atoms with Gasteiger partial charge in [0.2, 0.25) is 0 Å². The lowest BCUT2D eigenvalue weighted by Crippen LogP contribution is -2.08. The first-order chi connectivity index (χ1) is 7.58. The van der Waals surface area contributed by atoms with E-state index in [0.717, 1.165) is 12.8 Å². The van der Waals surface area contributed by atoms with Crippen molar-refractivity contribution in [1.82, 2.24) is 0 Å². The van der Waals surface area contributed by atoms with Crippen LogP contribution in [0.2, 0.25) is 0 Å². The van der Waals surface area contributed by atoms with Crippen molar-refractivity contribution in [2.45, 2.75) is 39.2 Å². The summed E-state index contributed by atoms with van der Waals surface area (Å²) in [4.78, 5) is 0. The predicted molar refractivity (Wildman–Crippen MR) is 64.5 cm³/mol. The van der Waals surface area contributed by atoms with Crippen molar-refractivity contribution in [3.8, 4) is 0 Å². The fourth-order valence-corrected chi connectivity index (χ4v) is 1.90. The molecule has 0 spiro atoms. The van der Waals surface area contributed by atoms with Crippen LogP contribution in [0.3, 0.4) is 0 Å². The lowest BCUT2D eigenvalue weighted by atomic mass is 9.92. The van der Waals surface area contributed by atoms with Crippen molar-refractivity contribution in [3.05, 3.63) is 29.6 Å². The molecule has 0 saturated heterocycles. The van der Waals surface area contributed by atoms with Gasteiger partial charge >= 0.3 is 0 Å². The van der Waals surface area contributed by atoms with E-state index in [1.807, 2.05) is 0 Å². The Bertz CT molecular complexity index is 337. The molecule has 0 bridgehead atoms. The third-order valence-corrected chi connectivity index (χ3v) is 3.12. The van der Waals surface area contributed by atoms with E-state index in [0.29, 0.717) is 23.6 Å². The lowest BCUT2D eigenvalue weighted by Gasteiger charge is -2.19. The number of nitrogens with two attached hydrogens (primary N) is 1. The number of aliphatic hydroxyl groups excluding tert-OH is 1. The van der Waals surface area contributed by atoms with E-state index >= 15 is 0 Å². The molecule has 2 nitrogen and oxygen atoms in total. The summed E-state index contributed by atoms with van der Waals surface area (Å²) in [5.74, 6) is 0.102. The molecular weight excluding hydrogens is 205 g/mol. The summed E-state index contributed by atoms with van der Waals surface area (Å²) < 4.78 is 13.0. The summed E-state index contributed by atoms with van der Waals surface area (Å²) in [6, 6.07) is 4.13. The van der Waals surface area contributed by atoms with Gasteiger partial charge in [-0.3, -0.25) is 0 Å². The van der Waals surface area contributed by atoms with Crippen LogP contribution < -0.4 is 5.73 Å². The monoisotopic (exact) mass is 225 g/mol. The summed E-state index contributed by atoms with van der Waals surface area (Å²) in [5.41, 5.74) is 6.69. The van der Waals surface area contributed by atoms with E-state index in [9.17, 15) is 9.50 Å². The summed E-state index contributed by atoms with van der Waals surface area (Å²) in [6.07, 6.45) is 2.01. The first kappa shape index (κ1) is 13.0. The zero-order valence-corrected chi connectivity index (χ0v) is 9.91. The fourth-order valence-electron chi connectivity index (χ4n) is 1.90. The summed E-state index contributed by atoms with van der Waals surface area (Å²) in [6.45, 7) is 4.19. The van der Waals surface area contributed by atoms with Gasteiger partial charge in [0.1, 0.15) is 5.82 Å². The van der Waals surface area contributed by atoms with Gasteiger partial charge in [-0.05, 0) is 30.5 Å². The van der Waals surface area contributed by atoms with E-state index in [1.165, 1.54) is 18.2 Å². The maximum absolute atomic E-state index is 13.0. The van der Waals surface area contributed by atoms with Gasteiger partial charge in [0.05, 0.1) is 6.10 Å². The molecule has 0 radical (unpaired) electrons. The Balaban J connectivity index is 2.79. The number of aliphatic hydroxyl groups is 1. The lowest BCUT2D eigenvalue weighted by molar-refractivity contribution is 0.141. The van der Waals surface area contributed by atoms with Crippen LogP contribution >= 0.6 is 0 Å². The highest BCUT2D eigenvalue weighted by Gasteiger charge is 2.16. The fraction of sp³-hybridized carbons (Fsp3) is 0.538.